The average Bonchev–Trinajstić information content (AvgIpc) is 2.82. The molecule has 1 amide bonds. The first-order valence-electron chi connectivity index (χ1n) is 10.0. The van der Waals surface area contributed by atoms with Crippen molar-refractivity contribution in [3.8, 4) is 11.3 Å². The molecular weight excluding hydrogens is 416 g/mol. The van der Waals surface area contributed by atoms with Gasteiger partial charge in [-0.2, -0.15) is 0 Å². The summed E-state index contributed by atoms with van der Waals surface area (Å²) in [5.41, 5.74) is 2.53. The summed E-state index contributed by atoms with van der Waals surface area (Å²) in [4.78, 5) is 21.3. The number of nitrogens with zero attached hydrogens (tertiary/aromatic N) is 2. The van der Waals surface area contributed by atoms with E-state index in [4.69, 9.17) is 11.6 Å². The molecule has 0 radical (unpaired) electrons. The molecule has 0 bridgehead atoms. The lowest BCUT2D eigenvalue weighted by molar-refractivity contribution is 0.0916. The van der Waals surface area contributed by atoms with E-state index in [1.54, 1.807) is 24.3 Å². The number of hydrogen-bond acceptors (Lipinski definition) is 6. The van der Waals surface area contributed by atoms with Crippen LogP contribution in [0.1, 0.15) is 35.3 Å². The van der Waals surface area contributed by atoms with Crippen molar-refractivity contribution in [3.63, 3.8) is 0 Å². The van der Waals surface area contributed by atoms with Gasteiger partial charge in [0.05, 0.1) is 42.2 Å². The minimum Gasteiger partial charge on any atom is -0.394 e. The second-order valence-corrected chi connectivity index (χ2v) is 7.43. The summed E-state index contributed by atoms with van der Waals surface area (Å²) in [6, 6.07) is 15.5. The molecule has 4 N–H and O–H groups in total. The van der Waals surface area contributed by atoms with Gasteiger partial charge in [0.25, 0.3) is 5.91 Å². The normalized spacial score (nSPS) is 12.8. The topological polar surface area (TPSA) is 107 Å². The van der Waals surface area contributed by atoms with Gasteiger partial charge in [-0.3, -0.25) is 4.79 Å². The number of hydrogen-bond donors (Lipinski definition) is 4. The Labute approximate surface area is 186 Å². The van der Waals surface area contributed by atoms with Gasteiger partial charge in [0.15, 0.2) is 0 Å². The second kappa shape index (κ2) is 10.9. The molecule has 3 aromatic rings. The summed E-state index contributed by atoms with van der Waals surface area (Å²) in [6.07, 6.45) is 2.22. The summed E-state index contributed by atoms with van der Waals surface area (Å²) in [5.74, 6) is 0.0788. The van der Waals surface area contributed by atoms with Gasteiger partial charge < -0.3 is 20.8 Å². The summed E-state index contributed by atoms with van der Waals surface area (Å²) < 4.78 is 0. The van der Waals surface area contributed by atoms with Gasteiger partial charge in [0, 0.05) is 11.1 Å². The Morgan fingerprint density at radius 3 is 2.39 bits per heavy atom. The van der Waals surface area contributed by atoms with Crippen LogP contribution in [-0.2, 0) is 0 Å². The molecule has 1 aromatic heterocycles. The van der Waals surface area contributed by atoms with E-state index in [0.29, 0.717) is 22.2 Å². The molecule has 162 valence electrons. The van der Waals surface area contributed by atoms with Crippen molar-refractivity contribution in [1.29, 1.82) is 0 Å². The maximum atomic E-state index is 12.6. The van der Waals surface area contributed by atoms with Crippen molar-refractivity contribution in [2.75, 3.05) is 18.5 Å². The summed E-state index contributed by atoms with van der Waals surface area (Å²) in [6.45, 7) is 1.72. The van der Waals surface area contributed by atoms with Gasteiger partial charge in [-0.15, -0.1) is 0 Å². The zero-order valence-electron chi connectivity index (χ0n) is 17.1. The maximum absolute atomic E-state index is 12.6. The minimum absolute atomic E-state index is 0.0283. The van der Waals surface area contributed by atoms with Crippen LogP contribution in [0.5, 0.6) is 0 Å². The fourth-order valence-corrected chi connectivity index (χ4v) is 3.24. The number of nitrogens with one attached hydrogen (secondary N) is 2. The summed E-state index contributed by atoms with van der Waals surface area (Å²) >= 11 is 6.28. The van der Waals surface area contributed by atoms with Crippen molar-refractivity contribution >= 4 is 23.5 Å². The van der Waals surface area contributed by atoms with E-state index in [2.05, 4.69) is 20.6 Å². The van der Waals surface area contributed by atoms with Crippen LogP contribution in [0.3, 0.4) is 0 Å². The van der Waals surface area contributed by atoms with Crippen LogP contribution in [0.15, 0.2) is 60.8 Å². The standard InChI is InChI=1S/C23H25ClN4O3/c1-2-18(13-29)26-23-25-12-19(24)21(28-23)16-8-10-17(11-9-16)22(31)27-20(14-30)15-6-4-3-5-7-15/h3-12,18,20,29-30H,2,13-14H2,1H3,(H,27,31)(H,25,26,28)/t18-,20+/m0/s1. The van der Waals surface area contributed by atoms with Crippen LogP contribution in [0.25, 0.3) is 11.3 Å². The van der Waals surface area contributed by atoms with Crippen LogP contribution in [0.2, 0.25) is 5.02 Å². The highest BCUT2D eigenvalue weighted by atomic mass is 35.5. The van der Waals surface area contributed by atoms with Gasteiger partial charge in [-0.1, -0.05) is 61.0 Å². The lowest BCUT2D eigenvalue weighted by atomic mass is 10.1. The predicted molar refractivity (Wildman–Crippen MR) is 121 cm³/mol. The number of rotatable bonds is 9. The molecule has 2 aromatic carbocycles. The first-order chi connectivity index (χ1) is 15.0. The molecule has 2 atom stereocenters. The zero-order chi connectivity index (χ0) is 22.2. The van der Waals surface area contributed by atoms with Crippen LogP contribution >= 0.6 is 11.6 Å². The number of aromatic nitrogens is 2. The van der Waals surface area contributed by atoms with Gasteiger partial charge in [0.2, 0.25) is 5.95 Å². The first kappa shape index (κ1) is 22.7. The molecule has 7 nitrogen and oxygen atoms in total. The smallest absolute Gasteiger partial charge is 0.251 e. The molecule has 0 aliphatic carbocycles. The molecule has 0 fully saturated rings. The van der Waals surface area contributed by atoms with E-state index < -0.39 is 6.04 Å². The third kappa shape index (κ3) is 5.79. The molecule has 0 aliphatic rings. The molecule has 3 rings (SSSR count). The number of carbonyl (C=O) groups is 1. The first-order valence-corrected chi connectivity index (χ1v) is 10.4. The Bertz CT molecular complexity index is 995. The lowest BCUT2D eigenvalue weighted by Gasteiger charge is -2.17. The molecule has 8 heteroatoms. The summed E-state index contributed by atoms with van der Waals surface area (Å²) in [5, 5.41) is 25.3. The monoisotopic (exact) mass is 440 g/mol. The average molecular weight is 441 g/mol. The van der Waals surface area contributed by atoms with Gasteiger partial charge in [-0.05, 0) is 24.1 Å². The molecule has 0 saturated heterocycles. The van der Waals surface area contributed by atoms with Crippen molar-refractivity contribution in [2.24, 2.45) is 0 Å². The quantitative estimate of drug-likeness (QED) is 0.406. The number of aliphatic hydroxyl groups excluding tert-OH is 2. The van der Waals surface area contributed by atoms with Crippen molar-refractivity contribution in [3.05, 3.63) is 76.9 Å². The van der Waals surface area contributed by atoms with E-state index in [1.165, 1.54) is 6.20 Å². The van der Waals surface area contributed by atoms with Gasteiger partial charge in [-0.25, -0.2) is 9.97 Å². The van der Waals surface area contributed by atoms with Crippen molar-refractivity contribution in [1.82, 2.24) is 15.3 Å². The van der Waals surface area contributed by atoms with Crippen molar-refractivity contribution < 1.29 is 15.0 Å². The highest BCUT2D eigenvalue weighted by molar-refractivity contribution is 6.32. The van der Waals surface area contributed by atoms with Gasteiger partial charge >= 0.3 is 0 Å². The largest absolute Gasteiger partial charge is 0.394 e. The lowest BCUT2D eigenvalue weighted by Crippen LogP contribution is -2.30. The minimum atomic E-state index is -0.489. The highest BCUT2D eigenvalue weighted by Gasteiger charge is 2.16. The Balaban J connectivity index is 1.76. The molecule has 0 saturated carbocycles. The zero-order valence-corrected chi connectivity index (χ0v) is 17.9. The Kier molecular flexibility index (Phi) is 7.94. The van der Waals surface area contributed by atoms with E-state index in [9.17, 15) is 15.0 Å². The van der Waals surface area contributed by atoms with E-state index in [-0.39, 0.29) is 25.2 Å². The van der Waals surface area contributed by atoms with E-state index in [1.807, 2.05) is 37.3 Å². The Morgan fingerprint density at radius 1 is 1.06 bits per heavy atom. The molecule has 31 heavy (non-hydrogen) atoms. The number of carbonyl (C=O) groups excluding carboxylic acids is 1. The third-order valence-corrected chi connectivity index (χ3v) is 5.18. The Hall–Kier alpha value is -3.00. The van der Waals surface area contributed by atoms with Crippen molar-refractivity contribution in [2.45, 2.75) is 25.4 Å². The maximum Gasteiger partial charge on any atom is 0.251 e. The number of anilines is 1. The number of amides is 1. The number of benzene rings is 2. The van der Waals surface area contributed by atoms with Gasteiger partial charge in [0.1, 0.15) is 0 Å². The SMILES string of the molecule is CC[C@@H](CO)Nc1ncc(Cl)c(-c2ccc(C(=O)N[C@H](CO)c3ccccc3)cc2)n1. The highest BCUT2D eigenvalue weighted by Crippen LogP contribution is 2.27. The predicted octanol–water partition coefficient (Wildman–Crippen LogP) is 3.44. The molecule has 0 aliphatic heterocycles. The van der Waals surface area contributed by atoms with E-state index in [0.717, 1.165) is 17.5 Å². The number of aliphatic hydroxyl groups is 2. The molecule has 0 unspecified atom stereocenters. The van der Waals surface area contributed by atoms with Crippen LogP contribution < -0.4 is 10.6 Å². The van der Waals surface area contributed by atoms with E-state index >= 15 is 0 Å². The molecular formula is C23H25ClN4O3. The van der Waals surface area contributed by atoms with Crippen LogP contribution in [-0.4, -0.2) is 45.3 Å². The fraction of sp³-hybridized carbons (Fsp3) is 0.261. The fourth-order valence-electron chi connectivity index (χ4n) is 3.04. The summed E-state index contributed by atoms with van der Waals surface area (Å²) in [7, 11) is 0. The van der Waals surface area contributed by atoms with Crippen LogP contribution in [0.4, 0.5) is 5.95 Å². The third-order valence-electron chi connectivity index (χ3n) is 4.90. The Morgan fingerprint density at radius 2 is 1.77 bits per heavy atom. The molecule has 0 spiro atoms. The number of halogens is 1. The van der Waals surface area contributed by atoms with Crippen LogP contribution in [0, 0.1) is 0 Å². The second-order valence-electron chi connectivity index (χ2n) is 7.02. The molecule has 1 heterocycles.